The minimum Gasteiger partial charge on any atom is -0.782 e. The van der Waals surface area contributed by atoms with E-state index >= 15 is 0 Å². The number of aromatic nitrogens is 8. The van der Waals surface area contributed by atoms with E-state index in [4.69, 9.17) is 18.9 Å². The van der Waals surface area contributed by atoms with Crippen molar-refractivity contribution in [3.8, 4) is 0 Å². The molecule has 0 atom stereocenters. The second kappa shape index (κ2) is 36.1. The predicted octanol–water partition coefficient (Wildman–Crippen LogP) is 14.3. The maximum Gasteiger partial charge on any atom is 2.00 e. The van der Waals surface area contributed by atoms with Gasteiger partial charge in [-0.2, -0.15) is 0 Å². The van der Waals surface area contributed by atoms with E-state index in [1.807, 2.05) is 152 Å². The van der Waals surface area contributed by atoms with E-state index in [9.17, 15) is 89.3 Å². The van der Waals surface area contributed by atoms with Gasteiger partial charge in [-0.05, 0) is 125 Å². The quantitative estimate of drug-likeness (QED) is 0.0781. The molecule has 20 nitrogen and oxygen atoms in total. The molecular formula is C60H64B4F16Fe2N12O8. The summed E-state index contributed by atoms with van der Waals surface area (Å²) in [5.74, 6) is 0. The number of hydrogen-bond donors (Lipinski definition) is 0. The van der Waals surface area contributed by atoms with Crippen molar-refractivity contribution in [1.82, 2.24) is 50.0 Å². The average molecular weight is 1540 g/mol. The third-order valence-electron chi connectivity index (χ3n) is 14.0. The monoisotopic (exact) mass is 1540 g/mol. The van der Waals surface area contributed by atoms with Gasteiger partial charge in [0.25, 0.3) is 0 Å². The summed E-state index contributed by atoms with van der Waals surface area (Å²) in [4.78, 5) is 60.3. The van der Waals surface area contributed by atoms with Gasteiger partial charge in [0.2, 0.25) is 11.1 Å². The first-order valence-corrected chi connectivity index (χ1v) is 29.6. The van der Waals surface area contributed by atoms with Crippen LogP contribution in [0.25, 0.3) is 0 Å². The molecule has 4 fully saturated rings. The van der Waals surface area contributed by atoms with E-state index in [1.54, 1.807) is 98.1 Å². The molecule has 0 spiro atoms. The van der Waals surface area contributed by atoms with Gasteiger partial charge < -0.3 is 99.1 Å². The van der Waals surface area contributed by atoms with Crippen molar-refractivity contribution < 1.29 is 132 Å². The summed E-state index contributed by atoms with van der Waals surface area (Å²) in [6.07, 6.45) is 13.2. The Morgan fingerprint density at radius 3 is 0.598 bits per heavy atom. The normalized spacial score (nSPS) is 18.4. The average Bonchev–Trinajstić information content (AvgIpc) is 1.59. The van der Waals surface area contributed by atoms with Crippen LogP contribution in [0, 0.1) is 20.2 Å². The van der Waals surface area contributed by atoms with Crippen LogP contribution in [0.4, 0.5) is 69.1 Å². The molecule has 0 unspecified atom stereocenters. The number of ether oxygens (including phenoxy) is 4. The topological polar surface area (TPSA) is 233 Å². The Balaban J connectivity index is 0.000000322. The van der Waals surface area contributed by atoms with Gasteiger partial charge in [0.05, 0.1) is 45.5 Å². The smallest absolute Gasteiger partial charge is 0.782 e. The second-order valence-corrected chi connectivity index (χ2v) is 23.9. The Hall–Kier alpha value is -7.74. The molecule has 552 valence electrons. The zero-order chi connectivity index (χ0) is 74.9. The molecule has 0 bridgehead atoms. The van der Waals surface area contributed by atoms with Crippen LogP contribution < -0.4 is 0 Å². The molecule has 0 radical (unpaired) electrons. The van der Waals surface area contributed by atoms with Crippen LogP contribution in [0.2, 0.25) is 0 Å². The van der Waals surface area contributed by atoms with Gasteiger partial charge >= 0.3 is 74.6 Å². The number of hydrogen-bond acceptors (Lipinski definition) is 18. The number of halogens is 16. The van der Waals surface area contributed by atoms with E-state index in [2.05, 4.69) is 39.9 Å². The van der Waals surface area contributed by atoms with E-state index in [0.717, 1.165) is 19.6 Å². The van der Waals surface area contributed by atoms with Crippen molar-refractivity contribution in [2.24, 2.45) is 0 Å². The summed E-state index contributed by atoms with van der Waals surface area (Å²) in [5.41, 5.74) is -3.17. The van der Waals surface area contributed by atoms with Crippen molar-refractivity contribution in [2.45, 2.75) is 100 Å². The van der Waals surface area contributed by atoms with Crippen molar-refractivity contribution in [3.05, 3.63) is 261 Å². The largest absolute Gasteiger partial charge is 2.00 e. The van der Waals surface area contributed by atoms with Crippen molar-refractivity contribution in [1.29, 1.82) is 0 Å². The maximum atomic E-state index is 12.9. The molecule has 0 amide bonds. The molecule has 8 aromatic rings. The Kier molecular flexibility index (Phi) is 31.3. The fourth-order valence-corrected chi connectivity index (χ4v) is 9.75. The maximum absolute atomic E-state index is 12.9. The fourth-order valence-electron chi connectivity index (χ4n) is 9.75. The van der Waals surface area contributed by atoms with Gasteiger partial charge in [-0.25, -0.2) is 0 Å². The van der Waals surface area contributed by atoms with Gasteiger partial charge in [0.1, 0.15) is 13.2 Å². The minimum atomic E-state index is -6.00. The molecule has 42 heteroatoms. The molecule has 4 saturated heterocycles. The van der Waals surface area contributed by atoms with Crippen LogP contribution >= 0.6 is 0 Å². The number of pyridine rings is 8. The summed E-state index contributed by atoms with van der Waals surface area (Å²) in [6.45, 7) is 16.1. The number of nitrogens with zero attached hydrogens (tertiary/aromatic N) is 12. The number of rotatable bonds is 8. The summed E-state index contributed by atoms with van der Waals surface area (Å²) in [6, 6.07) is 43.6. The number of hydroxylamine groups is 4. The third-order valence-corrected chi connectivity index (χ3v) is 14.0. The minimum absolute atomic E-state index is 0. The van der Waals surface area contributed by atoms with E-state index in [1.165, 1.54) is 0 Å². The zero-order valence-electron chi connectivity index (χ0n) is 55.0. The SMILES string of the molecule is CC1(C)COC(c2ccccn2)(c2ccccn2)N1[O-].CC1(C)COC(c2ccccn2)(c2ccccn2)N1[O-].CC1(C)COC(c2ccccn2)(c2ccccn2)[N+]1=O.CC1(C)COC(c2ccccn2)(c2ccccn2)[N+]1=O.F[B-](F)(F)F.F[B-](F)(F)F.F[B-](F)(F)F.F[B-](F)(F)F.[Fe+2].[Fe+2]. The molecule has 12 rings (SSSR count). The molecule has 0 N–H and O–H groups in total. The molecule has 12 heterocycles. The van der Waals surface area contributed by atoms with Crippen LogP contribution in [0.3, 0.4) is 0 Å². The van der Waals surface area contributed by atoms with Crippen LogP contribution in [-0.2, 0) is 76.0 Å². The summed E-state index contributed by atoms with van der Waals surface area (Å²) in [7, 11) is -24.0. The standard InChI is InChI=1S/4C15H16N3O2.4BF4.2Fe/c4*1-14(2)11-20-15(18(14)19,12-7-3-5-9-16-12)13-8-4-6-10-17-13;4*2-1(3,4)5;;/h4*3-10H,11H2,1-2H3;;;;;;/q2*-1;2*+1;4*-1;2*+2. The molecule has 8 aromatic heterocycles. The molecule has 0 aliphatic carbocycles. The Morgan fingerprint density at radius 1 is 0.314 bits per heavy atom. The summed E-state index contributed by atoms with van der Waals surface area (Å²) >= 11 is 0. The van der Waals surface area contributed by atoms with Crippen molar-refractivity contribution >= 4 is 29.0 Å². The van der Waals surface area contributed by atoms with Crippen LogP contribution in [0.15, 0.2) is 195 Å². The van der Waals surface area contributed by atoms with Gasteiger partial charge in [-0.1, -0.05) is 48.5 Å². The predicted molar refractivity (Wildman–Crippen MR) is 336 cm³/mol. The molecule has 0 saturated carbocycles. The first kappa shape index (κ1) is 88.5. The zero-order valence-corrected chi connectivity index (χ0v) is 57.2. The van der Waals surface area contributed by atoms with E-state index in [0.29, 0.717) is 72.0 Å². The van der Waals surface area contributed by atoms with Gasteiger partial charge in [-0.3, -0.25) is 49.3 Å². The molecule has 102 heavy (non-hydrogen) atoms. The fraction of sp³-hybridized carbons (Fsp3) is 0.333. The molecule has 0 aromatic carbocycles. The van der Waals surface area contributed by atoms with Crippen LogP contribution in [-0.4, -0.2) is 137 Å². The Labute approximate surface area is 595 Å². The van der Waals surface area contributed by atoms with Crippen molar-refractivity contribution in [2.75, 3.05) is 26.4 Å². The van der Waals surface area contributed by atoms with Crippen LogP contribution in [0.1, 0.15) is 101 Å². The number of nitroso groups, excluding NO2 is 2. The van der Waals surface area contributed by atoms with E-state index < -0.39 is 74.1 Å². The third kappa shape index (κ3) is 23.6. The summed E-state index contributed by atoms with van der Waals surface area (Å²) in [5, 5.41) is 27.6. The van der Waals surface area contributed by atoms with Gasteiger partial charge in [0, 0.05) is 98.2 Å². The molecular weight excluding hydrogens is 1480 g/mol. The van der Waals surface area contributed by atoms with E-state index in [-0.39, 0.29) is 34.1 Å². The molecule has 4 aliphatic rings. The molecule has 4 aliphatic heterocycles. The van der Waals surface area contributed by atoms with Gasteiger partial charge in [-0.15, -0.1) is 0 Å². The Bertz CT molecular complexity index is 3380. The van der Waals surface area contributed by atoms with Crippen LogP contribution in [0.5, 0.6) is 0 Å². The van der Waals surface area contributed by atoms with Gasteiger partial charge in [0.15, 0.2) is 34.2 Å². The Morgan fingerprint density at radius 2 is 0.480 bits per heavy atom. The summed E-state index contributed by atoms with van der Waals surface area (Å²) < 4.78 is 182. The first-order valence-electron chi connectivity index (χ1n) is 29.6. The first-order chi connectivity index (χ1) is 46.3. The second-order valence-electron chi connectivity index (χ2n) is 23.9. The van der Waals surface area contributed by atoms with Crippen molar-refractivity contribution in [3.63, 3.8) is 0 Å².